The lowest BCUT2D eigenvalue weighted by Crippen LogP contribution is -2.45. The number of likely N-dealkylation sites (N-methyl/N-ethyl adjacent to an activating group) is 1. The van der Waals surface area contributed by atoms with E-state index < -0.39 is 12.1 Å². The molecule has 0 heterocycles. The van der Waals surface area contributed by atoms with E-state index in [4.69, 9.17) is 4.74 Å². The predicted octanol–water partition coefficient (Wildman–Crippen LogP) is 0.491. The van der Waals surface area contributed by atoms with Crippen molar-refractivity contribution in [3.63, 3.8) is 0 Å². The monoisotopic (exact) mass is 271 g/mol. The normalized spacial score (nSPS) is 13.5. The van der Waals surface area contributed by atoms with E-state index in [0.29, 0.717) is 17.4 Å². The standard InChI is InChI=1S/C14H25NO4/c1-5-6-7-8-9-14(18)19-12(10-13(16)17)11-15(2,3)4/h6-7,12H,5,8-11H2,1-4H3/b7-6+. The molecule has 5 heteroatoms. The highest BCUT2D eigenvalue weighted by molar-refractivity contribution is 5.71. The van der Waals surface area contributed by atoms with Gasteiger partial charge in [0.05, 0.1) is 21.1 Å². The Kier molecular flexibility index (Phi) is 8.07. The van der Waals surface area contributed by atoms with E-state index in [1.165, 1.54) is 0 Å². The van der Waals surface area contributed by atoms with Crippen LogP contribution in [0.25, 0.3) is 0 Å². The molecule has 19 heavy (non-hydrogen) atoms. The molecule has 0 fully saturated rings. The number of rotatable bonds is 9. The number of carbonyl (C=O) groups is 2. The molecule has 0 saturated carbocycles. The third-order valence-electron chi connectivity index (χ3n) is 2.36. The van der Waals surface area contributed by atoms with Gasteiger partial charge in [0.25, 0.3) is 0 Å². The SMILES string of the molecule is CC/C=C/CCC(=O)OC(CC(=O)[O-])C[N+](C)(C)C. The minimum atomic E-state index is -1.20. The van der Waals surface area contributed by atoms with Gasteiger partial charge in [-0.1, -0.05) is 19.1 Å². The van der Waals surface area contributed by atoms with Gasteiger partial charge in [0.15, 0.2) is 6.10 Å². The molecule has 0 bridgehead atoms. The predicted molar refractivity (Wildman–Crippen MR) is 71.1 cm³/mol. The molecule has 110 valence electrons. The maximum atomic E-state index is 11.6. The van der Waals surface area contributed by atoms with Gasteiger partial charge in [-0.05, 0) is 12.8 Å². The van der Waals surface area contributed by atoms with E-state index in [2.05, 4.69) is 0 Å². The summed E-state index contributed by atoms with van der Waals surface area (Å²) in [6.45, 7) is 2.47. The molecule has 0 N–H and O–H groups in total. The molecule has 0 aliphatic carbocycles. The molecule has 0 aromatic carbocycles. The van der Waals surface area contributed by atoms with Crippen LogP contribution in [0.1, 0.15) is 32.6 Å². The number of carboxylic acid groups (broad SMARTS) is 1. The van der Waals surface area contributed by atoms with Crippen molar-refractivity contribution < 1.29 is 23.9 Å². The highest BCUT2D eigenvalue weighted by atomic mass is 16.5. The number of hydrogen-bond acceptors (Lipinski definition) is 4. The van der Waals surface area contributed by atoms with Crippen LogP contribution in [0.3, 0.4) is 0 Å². The zero-order valence-corrected chi connectivity index (χ0v) is 12.3. The molecule has 0 aliphatic heterocycles. The van der Waals surface area contributed by atoms with Gasteiger partial charge in [0.1, 0.15) is 6.54 Å². The molecule has 0 aromatic heterocycles. The number of esters is 1. The molecule has 0 amide bonds. The number of quaternary nitrogens is 1. The molecule has 0 aromatic rings. The number of nitrogens with zero attached hydrogens (tertiary/aromatic N) is 1. The third-order valence-corrected chi connectivity index (χ3v) is 2.36. The summed E-state index contributed by atoms with van der Waals surface area (Å²) in [6.07, 6.45) is 4.85. The van der Waals surface area contributed by atoms with E-state index in [9.17, 15) is 14.7 Å². The second-order valence-electron chi connectivity index (χ2n) is 5.58. The lowest BCUT2D eigenvalue weighted by atomic mass is 10.2. The molecular formula is C14H25NO4. The highest BCUT2D eigenvalue weighted by Crippen LogP contribution is 2.07. The van der Waals surface area contributed by atoms with Crippen LogP contribution in [0, 0.1) is 0 Å². The summed E-state index contributed by atoms with van der Waals surface area (Å²) in [5.41, 5.74) is 0. The number of allylic oxidation sites excluding steroid dienone is 2. The first-order valence-corrected chi connectivity index (χ1v) is 6.59. The van der Waals surface area contributed by atoms with Crippen LogP contribution >= 0.6 is 0 Å². The van der Waals surface area contributed by atoms with Crippen molar-refractivity contribution in [2.75, 3.05) is 27.7 Å². The Morgan fingerprint density at radius 2 is 1.89 bits per heavy atom. The minimum absolute atomic E-state index is 0.258. The van der Waals surface area contributed by atoms with Gasteiger partial charge in [0, 0.05) is 18.8 Å². The van der Waals surface area contributed by atoms with Gasteiger partial charge in [-0.3, -0.25) is 4.79 Å². The Bertz CT molecular complexity index is 318. The summed E-state index contributed by atoms with van der Waals surface area (Å²) >= 11 is 0. The van der Waals surface area contributed by atoms with E-state index in [-0.39, 0.29) is 18.8 Å². The molecule has 0 saturated heterocycles. The van der Waals surface area contributed by atoms with Crippen LogP contribution in [0.5, 0.6) is 0 Å². The number of aliphatic carboxylic acids is 1. The van der Waals surface area contributed by atoms with Crippen LogP contribution < -0.4 is 5.11 Å². The Morgan fingerprint density at radius 3 is 2.37 bits per heavy atom. The molecule has 0 radical (unpaired) electrons. The smallest absolute Gasteiger partial charge is 0.306 e. The topological polar surface area (TPSA) is 66.4 Å². The van der Waals surface area contributed by atoms with Crippen molar-refractivity contribution in [1.29, 1.82) is 0 Å². The van der Waals surface area contributed by atoms with Crippen molar-refractivity contribution >= 4 is 11.9 Å². The molecule has 0 aliphatic rings. The lowest BCUT2D eigenvalue weighted by molar-refractivity contribution is -0.873. The van der Waals surface area contributed by atoms with Gasteiger partial charge >= 0.3 is 5.97 Å². The summed E-state index contributed by atoms with van der Waals surface area (Å²) in [4.78, 5) is 22.3. The molecular weight excluding hydrogens is 246 g/mol. The van der Waals surface area contributed by atoms with Crippen LogP contribution in [0.15, 0.2) is 12.2 Å². The lowest BCUT2D eigenvalue weighted by Gasteiger charge is -2.29. The van der Waals surface area contributed by atoms with Crippen molar-refractivity contribution in [2.24, 2.45) is 0 Å². The van der Waals surface area contributed by atoms with Crippen LogP contribution in [0.2, 0.25) is 0 Å². The fourth-order valence-electron chi connectivity index (χ4n) is 1.67. The van der Waals surface area contributed by atoms with Crippen molar-refractivity contribution in [1.82, 2.24) is 0 Å². The van der Waals surface area contributed by atoms with E-state index in [0.717, 1.165) is 6.42 Å². The first-order chi connectivity index (χ1) is 8.74. The maximum absolute atomic E-state index is 11.6. The maximum Gasteiger partial charge on any atom is 0.306 e. The number of carbonyl (C=O) groups excluding carboxylic acids is 2. The Labute approximate surface area is 115 Å². The number of carboxylic acids is 1. The average Bonchev–Trinajstić information content (AvgIpc) is 2.20. The Balaban J connectivity index is 4.26. The first-order valence-electron chi connectivity index (χ1n) is 6.59. The van der Waals surface area contributed by atoms with E-state index in [1.807, 2.05) is 40.2 Å². The van der Waals surface area contributed by atoms with Crippen LogP contribution in [-0.2, 0) is 14.3 Å². The van der Waals surface area contributed by atoms with Crippen molar-refractivity contribution in [3.05, 3.63) is 12.2 Å². The Hall–Kier alpha value is -1.36. The summed E-state index contributed by atoms with van der Waals surface area (Å²) in [5, 5.41) is 10.7. The average molecular weight is 271 g/mol. The third kappa shape index (κ3) is 11.5. The quantitative estimate of drug-likeness (QED) is 0.348. The highest BCUT2D eigenvalue weighted by Gasteiger charge is 2.22. The molecule has 5 nitrogen and oxygen atoms in total. The van der Waals surface area contributed by atoms with Crippen molar-refractivity contribution in [3.8, 4) is 0 Å². The summed E-state index contributed by atoms with van der Waals surface area (Å²) < 4.78 is 5.74. The molecule has 0 rings (SSSR count). The summed E-state index contributed by atoms with van der Waals surface area (Å²) in [5.74, 6) is -1.56. The van der Waals surface area contributed by atoms with Crippen LogP contribution in [-0.4, -0.2) is 50.2 Å². The van der Waals surface area contributed by atoms with Gasteiger partial charge in [-0.25, -0.2) is 0 Å². The van der Waals surface area contributed by atoms with Crippen molar-refractivity contribution in [2.45, 2.75) is 38.7 Å². The largest absolute Gasteiger partial charge is 0.550 e. The molecule has 0 spiro atoms. The molecule has 1 atom stereocenters. The fraction of sp³-hybridized carbons (Fsp3) is 0.714. The summed E-state index contributed by atoms with van der Waals surface area (Å²) in [6, 6.07) is 0. The summed E-state index contributed by atoms with van der Waals surface area (Å²) in [7, 11) is 5.75. The fourth-order valence-corrected chi connectivity index (χ4v) is 1.67. The number of ether oxygens (including phenoxy) is 1. The van der Waals surface area contributed by atoms with Gasteiger partial charge < -0.3 is 19.1 Å². The first kappa shape index (κ1) is 17.6. The second kappa shape index (κ2) is 8.69. The zero-order chi connectivity index (χ0) is 14.9. The van der Waals surface area contributed by atoms with Gasteiger partial charge in [0.2, 0.25) is 0 Å². The number of hydrogen-bond donors (Lipinski definition) is 0. The van der Waals surface area contributed by atoms with Gasteiger partial charge in [-0.15, -0.1) is 0 Å². The van der Waals surface area contributed by atoms with Crippen LogP contribution in [0.4, 0.5) is 0 Å². The van der Waals surface area contributed by atoms with Gasteiger partial charge in [-0.2, -0.15) is 0 Å². The van der Waals surface area contributed by atoms with E-state index >= 15 is 0 Å². The minimum Gasteiger partial charge on any atom is -0.550 e. The van der Waals surface area contributed by atoms with E-state index in [1.54, 1.807) is 0 Å². The zero-order valence-electron chi connectivity index (χ0n) is 12.3. The molecule has 1 unspecified atom stereocenters. The Morgan fingerprint density at radius 1 is 1.26 bits per heavy atom. The second-order valence-corrected chi connectivity index (χ2v) is 5.58.